The molecule has 2 aliphatic rings. The van der Waals surface area contributed by atoms with E-state index >= 15 is 0 Å². The second-order valence-electron chi connectivity index (χ2n) is 6.27. The number of nitrogens with one attached hydrogen (secondary N) is 1. The van der Waals surface area contributed by atoms with E-state index in [1.807, 2.05) is 0 Å². The molecule has 4 N–H and O–H groups in total. The summed E-state index contributed by atoms with van der Waals surface area (Å²) in [5.74, 6) is -1.81. The fourth-order valence-electron chi connectivity index (χ4n) is 2.47. The Morgan fingerprint density at radius 3 is 2.45 bits per heavy atom. The molecule has 2 rings (SSSR count). The van der Waals surface area contributed by atoms with E-state index in [2.05, 4.69) is 5.32 Å². The molecule has 0 aromatic carbocycles. The van der Waals surface area contributed by atoms with Gasteiger partial charge in [-0.2, -0.15) is 0 Å². The second-order valence-corrected chi connectivity index (χ2v) is 8.04. The van der Waals surface area contributed by atoms with Gasteiger partial charge in [0.15, 0.2) is 0 Å². The largest absolute Gasteiger partial charge is 0.480 e. The van der Waals surface area contributed by atoms with E-state index in [1.165, 1.54) is 16.7 Å². The topological polar surface area (TPSA) is 113 Å². The first kappa shape index (κ1) is 15.1. The van der Waals surface area contributed by atoms with Crippen molar-refractivity contribution in [3.63, 3.8) is 0 Å². The van der Waals surface area contributed by atoms with E-state index in [9.17, 15) is 19.5 Å². The molecular weight excluding hydrogens is 282 g/mol. The molecule has 0 saturated carbocycles. The molecule has 0 bridgehead atoms. The van der Waals surface area contributed by atoms with Crippen LogP contribution in [0.25, 0.3) is 0 Å². The summed E-state index contributed by atoms with van der Waals surface area (Å²) in [6.45, 7) is 6.67. The van der Waals surface area contributed by atoms with Crippen LogP contribution in [0.3, 0.4) is 0 Å². The number of amides is 2. The molecule has 2 saturated heterocycles. The predicted molar refractivity (Wildman–Crippen MR) is 73.9 cm³/mol. The molecule has 0 radical (unpaired) electrons. The van der Waals surface area contributed by atoms with E-state index in [0.29, 0.717) is 0 Å². The van der Waals surface area contributed by atoms with Crippen molar-refractivity contribution >= 4 is 29.5 Å². The molecule has 2 amide bonds. The van der Waals surface area contributed by atoms with Crippen LogP contribution in [0, 0.1) is 0 Å². The van der Waals surface area contributed by atoms with Crippen molar-refractivity contribution in [1.29, 1.82) is 0 Å². The summed E-state index contributed by atoms with van der Waals surface area (Å²) in [4.78, 5) is 36.6. The molecule has 3 unspecified atom stereocenters. The molecule has 112 valence electrons. The summed E-state index contributed by atoms with van der Waals surface area (Å²) in [5, 5.41) is 11.5. The molecule has 0 aliphatic carbocycles. The van der Waals surface area contributed by atoms with Crippen molar-refractivity contribution in [3.05, 3.63) is 0 Å². The maximum Gasteiger partial charge on any atom is 0.327 e. The normalized spacial score (nSPS) is 31.6. The number of carbonyl (C=O) groups excluding carboxylic acids is 2. The van der Waals surface area contributed by atoms with Crippen LogP contribution < -0.4 is 11.1 Å². The minimum absolute atomic E-state index is 0.343. The first-order valence-corrected chi connectivity index (χ1v) is 7.17. The quantitative estimate of drug-likeness (QED) is 0.597. The fourth-order valence-corrected chi connectivity index (χ4v) is 4.10. The van der Waals surface area contributed by atoms with E-state index in [0.717, 1.165) is 0 Å². The third-order valence-corrected chi connectivity index (χ3v) is 5.12. The predicted octanol–water partition coefficient (Wildman–Crippen LogP) is -0.645. The monoisotopic (exact) mass is 301 g/mol. The maximum absolute atomic E-state index is 12.1. The molecular formula is C12H19N3O4S. The van der Waals surface area contributed by atoms with Gasteiger partial charge < -0.3 is 21.1 Å². The number of thioether (sulfide) groups is 1. The van der Waals surface area contributed by atoms with E-state index < -0.39 is 34.2 Å². The third kappa shape index (κ3) is 2.16. The van der Waals surface area contributed by atoms with Gasteiger partial charge in [-0.15, -0.1) is 11.8 Å². The number of nitrogens with zero attached hydrogens (tertiary/aromatic N) is 1. The molecule has 7 nitrogen and oxygen atoms in total. The number of hydrogen-bond acceptors (Lipinski definition) is 5. The fraction of sp³-hybridized carbons (Fsp3) is 0.750. The highest BCUT2D eigenvalue weighted by atomic mass is 32.2. The second kappa shape index (κ2) is 4.36. The van der Waals surface area contributed by atoms with Gasteiger partial charge in [-0.3, -0.25) is 9.59 Å². The standard InChI is InChI=1S/C12H19N3O4S/c1-11(2,13)10(19)14-5-7(16)15-6(9(17)18)12(3,4)20-8(5)15/h5-6,8H,13H2,1-4H3,(H,14,19)(H,17,18). The van der Waals surface area contributed by atoms with Crippen LogP contribution >= 0.6 is 11.8 Å². The van der Waals surface area contributed by atoms with Gasteiger partial charge >= 0.3 is 5.97 Å². The van der Waals surface area contributed by atoms with E-state index in [1.54, 1.807) is 27.7 Å². The number of rotatable bonds is 3. The SMILES string of the molecule is CC(C)(N)C(=O)NC1C(=O)N2C1SC(C)(C)C2C(=O)O. The Labute approximate surface area is 121 Å². The lowest BCUT2D eigenvalue weighted by atomic mass is 9.95. The first-order chi connectivity index (χ1) is 8.97. The number of carbonyl (C=O) groups is 3. The summed E-state index contributed by atoms with van der Waals surface area (Å²) in [6.07, 6.45) is 0. The minimum Gasteiger partial charge on any atom is -0.480 e. The third-order valence-electron chi connectivity index (χ3n) is 3.55. The smallest absolute Gasteiger partial charge is 0.327 e. The number of hydrogen-bond donors (Lipinski definition) is 3. The summed E-state index contributed by atoms with van der Waals surface area (Å²) in [5.41, 5.74) is 4.60. The number of aliphatic carboxylic acids is 1. The van der Waals surface area contributed by atoms with Crippen molar-refractivity contribution in [2.24, 2.45) is 5.73 Å². The van der Waals surface area contributed by atoms with Crippen molar-refractivity contribution in [3.8, 4) is 0 Å². The number of carboxylic acids is 1. The summed E-state index contributed by atoms with van der Waals surface area (Å²) in [6, 6.07) is -1.57. The van der Waals surface area contributed by atoms with Crippen molar-refractivity contribution in [1.82, 2.24) is 10.2 Å². The van der Waals surface area contributed by atoms with Crippen LogP contribution in [-0.2, 0) is 14.4 Å². The number of carboxylic acid groups (broad SMARTS) is 1. The highest BCUT2D eigenvalue weighted by Crippen LogP contribution is 2.50. The molecule has 3 atom stereocenters. The summed E-state index contributed by atoms with van der Waals surface area (Å²) < 4.78 is -0.593. The van der Waals surface area contributed by atoms with E-state index in [-0.39, 0.29) is 11.3 Å². The Morgan fingerprint density at radius 2 is 2.00 bits per heavy atom. The van der Waals surface area contributed by atoms with Gasteiger partial charge in [0, 0.05) is 4.75 Å². The maximum atomic E-state index is 12.1. The zero-order valence-corrected chi connectivity index (χ0v) is 12.7. The van der Waals surface area contributed by atoms with Crippen LogP contribution in [0.2, 0.25) is 0 Å². The highest BCUT2D eigenvalue weighted by molar-refractivity contribution is 8.01. The zero-order chi connectivity index (χ0) is 15.5. The van der Waals surface area contributed by atoms with Gasteiger partial charge in [-0.05, 0) is 27.7 Å². The van der Waals surface area contributed by atoms with Gasteiger partial charge in [0.1, 0.15) is 17.5 Å². The van der Waals surface area contributed by atoms with Crippen LogP contribution in [0.1, 0.15) is 27.7 Å². The molecule has 0 aromatic rings. The van der Waals surface area contributed by atoms with E-state index in [4.69, 9.17) is 5.73 Å². The van der Waals surface area contributed by atoms with Crippen LogP contribution in [0.5, 0.6) is 0 Å². The van der Waals surface area contributed by atoms with Gasteiger partial charge in [-0.25, -0.2) is 4.79 Å². The first-order valence-electron chi connectivity index (χ1n) is 6.29. The highest BCUT2D eigenvalue weighted by Gasteiger charge is 2.64. The average molecular weight is 301 g/mol. The molecule has 0 aromatic heterocycles. The van der Waals surface area contributed by atoms with Crippen molar-refractivity contribution in [2.45, 2.75) is 55.4 Å². The Kier molecular flexibility index (Phi) is 3.29. The Bertz CT molecular complexity index is 486. The van der Waals surface area contributed by atoms with Crippen LogP contribution in [0.15, 0.2) is 0 Å². The van der Waals surface area contributed by atoms with Gasteiger partial charge in [-0.1, -0.05) is 0 Å². The molecule has 0 spiro atoms. The lowest BCUT2D eigenvalue weighted by Gasteiger charge is -2.44. The van der Waals surface area contributed by atoms with Crippen LogP contribution in [-0.4, -0.2) is 55.5 Å². The molecule has 8 heteroatoms. The molecule has 2 fully saturated rings. The lowest BCUT2D eigenvalue weighted by Crippen LogP contribution is -2.72. The molecule has 20 heavy (non-hydrogen) atoms. The van der Waals surface area contributed by atoms with Crippen molar-refractivity contribution < 1.29 is 19.5 Å². The summed E-state index contributed by atoms with van der Waals surface area (Å²) in [7, 11) is 0. The van der Waals surface area contributed by atoms with Crippen molar-refractivity contribution in [2.75, 3.05) is 0 Å². The van der Waals surface area contributed by atoms with Crippen LogP contribution in [0.4, 0.5) is 0 Å². The lowest BCUT2D eigenvalue weighted by molar-refractivity contribution is -0.161. The Balaban J connectivity index is 2.15. The summed E-state index contributed by atoms with van der Waals surface area (Å²) >= 11 is 1.39. The van der Waals surface area contributed by atoms with Gasteiger partial charge in [0.25, 0.3) is 0 Å². The molecule has 2 heterocycles. The van der Waals surface area contributed by atoms with Gasteiger partial charge in [0.05, 0.1) is 5.54 Å². The number of β-lactam (4-membered cyclic amide) rings is 1. The van der Waals surface area contributed by atoms with Gasteiger partial charge in [0.2, 0.25) is 11.8 Å². The Hall–Kier alpha value is -1.28. The Morgan fingerprint density at radius 1 is 1.45 bits per heavy atom. The number of nitrogens with two attached hydrogens (primary N) is 1. The minimum atomic E-state index is -1.08. The zero-order valence-electron chi connectivity index (χ0n) is 11.8. The average Bonchev–Trinajstić information content (AvgIpc) is 2.53. The number of fused-ring (bicyclic) bond motifs is 1. The molecule has 2 aliphatic heterocycles.